The molecule has 0 unspecified atom stereocenters. The topological polar surface area (TPSA) is 86.5 Å². The smallest absolute Gasteiger partial charge is 0.322 e. The van der Waals surface area contributed by atoms with Crippen LogP contribution in [0.5, 0.6) is 11.5 Å². The fraction of sp³-hybridized carbons (Fsp3) is 0.211. The zero-order valence-corrected chi connectivity index (χ0v) is 14.2. The van der Waals surface area contributed by atoms with Crippen LogP contribution >= 0.6 is 0 Å². The molecule has 7 nitrogen and oxygen atoms in total. The summed E-state index contributed by atoms with van der Waals surface area (Å²) in [5.41, 5.74) is 3.07. The fourth-order valence-corrected chi connectivity index (χ4v) is 2.66. The minimum atomic E-state index is -0.241. The number of nitrogens with one attached hydrogen (secondary N) is 1. The molecule has 26 heavy (non-hydrogen) atoms. The number of hydrogen-bond donors (Lipinski definition) is 1. The maximum atomic E-state index is 12.2. The van der Waals surface area contributed by atoms with Crippen LogP contribution in [0.1, 0.15) is 22.6 Å². The van der Waals surface area contributed by atoms with E-state index in [1.165, 1.54) is 5.56 Å². The van der Waals surface area contributed by atoms with Crippen molar-refractivity contribution in [2.45, 2.75) is 19.8 Å². The normalized spacial score (nSPS) is 12.2. The van der Waals surface area contributed by atoms with Gasteiger partial charge in [0.2, 0.25) is 18.6 Å². The Morgan fingerprint density at radius 3 is 2.65 bits per heavy atom. The van der Waals surface area contributed by atoms with E-state index in [1.807, 2.05) is 37.3 Å². The SMILES string of the molecule is Cc1ccc(Cc2nnc(NC(=O)Cc3ccc4c(c3)OCO4)o2)cc1. The van der Waals surface area contributed by atoms with E-state index in [1.54, 1.807) is 12.1 Å². The third-order valence-electron chi connectivity index (χ3n) is 3.99. The number of anilines is 1. The highest BCUT2D eigenvalue weighted by molar-refractivity contribution is 5.90. The van der Waals surface area contributed by atoms with E-state index in [0.29, 0.717) is 23.8 Å². The maximum absolute atomic E-state index is 12.2. The van der Waals surface area contributed by atoms with Crippen molar-refractivity contribution in [3.63, 3.8) is 0 Å². The van der Waals surface area contributed by atoms with Crippen LogP contribution in [0.15, 0.2) is 46.9 Å². The number of nitrogens with zero attached hydrogens (tertiary/aromatic N) is 2. The van der Waals surface area contributed by atoms with Gasteiger partial charge in [0, 0.05) is 0 Å². The van der Waals surface area contributed by atoms with Gasteiger partial charge in [-0.1, -0.05) is 41.0 Å². The number of ether oxygens (including phenoxy) is 2. The lowest BCUT2D eigenvalue weighted by Gasteiger charge is -2.03. The Bertz CT molecular complexity index is 934. The Balaban J connectivity index is 1.36. The molecule has 2 heterocycles. The van der Waals surface area contributed by atoms with E-state index >= 15 is 0 Å². The van der Waals surface area contributed by atoms with Crippen molar-refractivity contribution in [1.82, 2.24) is 10.2 Å². The second-order valence-electron chi connectivity index (χ2n) is 6.08. The van der Waals surface area contributed by atoms with Crippen LogP contribution in [0.25, 0.3) is 0 Å². The summed E-state index contributed by atoms with van der Waals surface area (Å²) in [5, 5.41) is 10.5. The predicted octanol–water partition coefficient (Wildman–Crippen LogP) is 2.88. The van der Waals surface area contributed by atoms with Gasteiger partial charge < -0.3 is 13.9 Å². The van der Waals surface area contributed by atoms with Crippen molar-refractivity contribution in [1.29, 1.82) is 0 Å². The largest absolute Gasteiger partial charge is 0.454 e. The lowest BCUT2D eigenvalue weighted by atomic mass is 10.1. The second-order valence-corrected chi connectivity index (χ2v) is 6.08. The summed E-state index contributed by atoms with van der Waals surface area (Å²) in [7, 11) is 0. The molecule has 4 rings (SSSR count). The first kappa shape index (κ1) is 16.1. The van der Waals surface area contributed by atoms with Crippen molar-refractivity contribution in [2.75, 3.05) is 12.1 Å². The van der Waals surface area contributed by atoms with Gasteiger partial charge in [0.25, 0.3) is 0 Å². The molecule has 3 aromatic rings. The molecule has 1 aliphatic rings. The molecule has 0 atom stereocenters. The minimum Gasteiger partial charge on any atom is -0.454 e. The third-order valence-corrected chi connectivity index (χ3v) is 3.99. The van der Waals surface area contributed by atoms with Crippen LogP contribution in [0.3, 0.4) is 0 Å². The number of hydrogen-bond acceptors (Lipinski definition) is 6. The zero-order chi connectivity index (χ0) is 17.9. The molecule has 7 heteroatoms. The summed E-state index contributed by atoms with van der Waals surface area (Å²) in [6, 6.07) is 13.6. The third kappa shape index (κ3) is 3.66. The molecular formula is C19H17N3O4. The number of fused-ring (bicyclic) bond motifs is 1. The lowest BCUT2D eigenvalue weighted by molar-refractivity contribution is -0.115. The van der Waals surface area contributed by atoms with Gasteiger partial charge in [-0.15, -0.1) is 5.10 Å². The van der Waals surface area contributed by atoms with Crippen molar-refractivity contribution in [3.8, 4) is 11.5 Å². The molecule has 1 aliphatic heterocycles. The van der Waals surface area contributed by atoms with Crippen LogP contribution in [0, 0.1) is 6.92 Å². The fourth-order valence-electron chi connectivity index (χ4n) is 2.66. The molecule has 0 aliphatic carbocycles. The van der Waals surface area contributed by atoms with Gasteiger partial charge in [0.15, 0.2) is 11.5 Å². The van der Waals surface area contributed by atoms with Gasteiger partial charge in [-0.2, -0.15) is 0 Å². The Hall–Kier alpha value is -3.35. The summed E-state index contributed by atoms with van der Waals surface area (Å²) in [6.45, 7) is 2.24. The molecule has 1 aromatic heterocycles. The number of benzene rings is 2. The molecule has 0 saturated heterocycles. The Labute approximate surface area is 150 Å². The van der Waals surface area contributed by atoms with E-state index in [4.69, 9.17) is 13.9 Å². The first-order valence-electron chi connectivity index (χ1n) is 8.22. The highest BCUT2D eigenvalue weighted by Crippen LogP contribution is 2.32. The van der Waals surface area contributed by atoms with Gasteiger partial charge in [-0.05, 0) is 30.2 Å². The summed E-state index contributed by atoms with van der Waals surface area (Å²) < 4.78 is 16.1. The van der Waals surface area contributed by atoms with Crippen LogP contribution in [0.4, 0.5) is 6.01 Å². The minimum absolute atomic E-state index is 0.0952. The first-order chi connectivity index (χ1) is 12.7. The molecule has 0 spiro atoms. The maximum Gasteiger partial charge on any atom is 0.322 e. The van der Waals surface area contributed by atoms with E-state index in [0.717, 1.165) is 11.1 Å². The summed E-state index contributed by atoms with van der Waals surface area (Å²) >= 11 is 0. The average molecular weight is 351 g/mol. The molecule has 0 radical (unpaired) electrons. The van der Waals surface area contributed by atoms with Crippen molar-refractivity contribution in [2.24, 2.45) is 0 Å². The quantitative estimate of drug-likeness (QED) is 0.761. The highest BCUT2D eigenvalue weighted by Gasteiger charge is 2.15. The Morgan fingerprint density at radius 1 is 1.04 bits per heavy atom. The van der Waals surface area contributed by atoms with Gasteiger partial charge in [-0.25, -0.2) is 0 Å². The number of carbonyl (C=O) groups is 1. The molecular weight excluding hydrogens is 334 g/mol. The lowest BCUT2D eigenvalue weighted by Crippen LogP contribution is -2.14. The van der Waals surface area contributed by atoms with Gasteiger partial charge in [0.1, 0.15) is 0 Å². The molecule has 0 fully saturated rings. The summed E-state index contributed by atoms with van der Waals surface area (Å²) in [4.78, 5) is 12.2. The van der Waals surface area contributed by atoms with Crippen molar-refractivity contribution >= 4 is 11.9 Å². The molecule has 132 valence electrons. The molecule has 0 bridgehead atoms. The number of aromatic nitrogens is 2. The van der Waals surface area contributed by atoms with E-state index < -0.39 is 0 Å². The predicted molar refractivity (Wildman–Crippen MR) is 93.2 cm³/mol. The van der Waals surface area contributed by atoms with Crippen LogP contribution in [-0.4, -0.2) is 22.9 Å². The molecule has 1 N–H and O–H groups in total. The number of aryl methyl sites for hydroxylation is 1. The Kier molecular flexibility index (Phi) is 4.27. The molecule has 0 saturated carbocycles. The van der Waals surface area contributed by atoms with Gasteiger partial charge in [-0.3, -0.25) is 10.1 Å². The van der Waals surface area contributed by atoms with E-state index in [9.17, 15) is 4.79 Å². The van der Waals surface area contributed by atoms with Crippen molar-refractivity contribution < 1.29 is 18.7 Å². The van der Waals surface area contributed by atoms with E-state index in [-0.39, 0.29) is 25.1 Å². The second kappa shape index (κ2) is 6.87. The van der Waals surface area contributed by atoms with Crippen molar-refractivity contribution in [3.05, 3.63) is 65.0 Å². The average Bonchev–Trinajstić information content (AvgIpc) is 3.25. The molecule has 1 amide bonds. The first-order valence-corrected chi connectivity index (χ1v) is 8.22. The van der Waals surface area contributed by atoms with Crippen LogP contribution in [0.2, 0.25) is 0 Å². The molecule has 2 aromatic carbocycles. The number of carbonyl (C=O) groups excluding carboxylic acids is 1. The number of rotatable bonds is 5. The van der Waals surface area contributed by atoms with Gasteiger partial charge in [0.05, 0.1) is 12.8 Å². The number of amides is 1. The standard InChI is InChI=1S/C19H17N3O4/c1-12-2-4-13(5-3-12)10-18-21-22-19(26-18)20-17(23)9-14-6-7-15-16(8-14)25-11-24-15/h2-8H,9-11H2,1H3,(H,20,22,23). The Morgan fingerprint density at radius 2 is 1.81 bits per heavy atom. The van der Waals surface area contributed by atoms with E-state index in [2.05, 4.69) is 15.5 Å². The zero-order valence-electron chi connectivity index (χ0n) is 14.2. The monoisotopic (exact) mass is 351 g/mol. The van der Waals surface area contributed by atoms with Gasteiger partial charge >= 0.3 is 6.01 Å². The van der Waals surface area contributed by atoms with Crippen LogP contribution < -0.4 is 14.8 Å². The van der Waals surface area contributed by atoms with Crippen LogP contribution in [-0.2, 0) is 17.6 Å². The summed E-state index contributed by atoms with van der Waals surface area (Å²) in [5.74, 6) is 1.54. The summed E-state index contributed by atoms with van der Waals surface area (Å²) in [6.07, 6.45) is 0.692. The highest BCUT2D eigenvalue weighted by atomic mass is 16.7.